The number of ether oxygens (including phenoxy) is 1. The standard InChI is InChI=1S/C27H36O/c1-2-13-3-12(1)24-16-5-14(19(7-16)26(13)24)4-15-6-17-8-20(15)27-22-10-18(25(17)27)9-21(22)23-11-28-23/h1-2,12-27H,3-11H2. The molecular formula is C27H36O. The predicted molar refractivity (Wildman–Crippen MR) is 108 cm³/mol. The first-order valence-corrected chi connectivity index (χ1v) is 13.1. The van der Waals surface area contributed by atoms with Crippen LogP contribution in [-0.4, -0.2) is 12.7 Å². The summed E-state index contributed by atoms with van der Waals surface area (Å²) in [5.74, 6) is 16.6. The summed E-state index contributed by atoms with van der Waals surface area (Å²) in [5.41, 5.74) is 0. The number of rotatable bonds is 3. The van der Waals surface area contributed by atoms with E-state index >= 15 is 0 Å². The molecule has 0 amide bonds. The molecule has 8 fully saturated rings. The molecule has 1 saturated heterocycles. The first-order valence-electron chi connectivity index (χ1n) is 13.1. The molecule has 1 heteroatoms. The zero-order valence-corrected chi connectivity index (χ0v) is 17.2. The van der Waals surface area contributed by atoms with Gasteiger partial charge in [0.2, 0.25) is 0 Å². The summed E-state index contributed by atoms with van der Waals surface area (Å²) in [4.78, 5) is 0. The summed E-state index contributed by atoms with van der Waals surface area (Å²) in [6, 6.07) is 0. The maximum Gasteiger partial charge on any atom is 0.0840 e. The molecule has 16 atom stereocenters. The molecule has 28 heavy (non-hydrogen) atoms. The smallest absolute Gasteiger partial charge is 0.0840 e. The van der Waals surface area contributed by atoms with Crippen molar-refractivity contribution in [1.82, 2.24) is 0 Å². The molecule has 16 unspecified atom stereocenters. The van der Waals surface area contributed by atoms with E-state index in [1.807, 2.05) is 0 Å². The van der Waals surface area contributed by atoms with Crippen LogP contribution in [0.15, 0.2) is 12.2 Å². The maximum atomic E-state index is 5.80. The largest absolute Gasteiger partial charge is 0.373 e. The highest BCUT2D eigenvalue weighted by Crippen LogP contribution is 2.73. The number of epoxide rings is 1. The van der Waals surface area contributed by atoms with Gasteiger partial charge in [-0.25, -0.2) is 0 Å². The Balaban J connectivity index is 0.961. The highest BCUT2D eigenvalue weighted by molar-refractivity contribution is 5.21. The van der Waals surface area contributed by atoms with Gasteiger partial charge in [0.1, 0.15) is 0 Å². The fraction of sp³-hybridized carbons (Fsp3) is 0.926. The fourth-order valence-electron chi connectivity index (χ4n) is 12.6. The van der Waals surface area contributed by atoms with E-state index in [9.17, 15) is 0 Å². The van der Waals surface area contributed by atoms with Crippen molar-refractivity contribution in [1.29, 1.82) is 0 Å². The van der Waals surface area contributed by atoms with Crippen molar-refractivity contribution in [2.45, 2.75) is 57.5 Å². The molecule has 1 aliphatic heterocycles. The molecule has 0 aromatic rings. The van der Waals surface area contributed by atoms with E-state index in [0.29, 0.717) is 6.10 Å². The van der Waals surface area contributed by atoms with Gasteiger partial charge in [0, 0.05) is 0 Å². The first-order chi connectivity index (χ1) is 13.8. The van der Waals surface area contributed by atoms with E-state index in [1.165, 1.54) is 5.92 Å². The van der Waals surface area contributed by atoms with Crippen molar-refractivity contribution < 1.29 is 4.74 Å². The Morgan fingerprint density at radius 2 is 1.18 bits per heavy atom. The van der Waals surface area contributed by atoms with Gasteiger partial charge < -0.3 is 4.74 Å². The van der Waals surface area contributed by atoms with Crippen molar-refractivity contribution in [3.05, 3.63) is 12.2 Å². The van der Waals surface area contributed by atoms with Crippen LogP contribution in [0.25, 0.3) is 0 Å². The van der Waals surface area contributed by atoms with Crippen molar-refractivity contribution in [3.8, 4) is 0 Å². The predicted octanol–water partition coefficient (Wildman–Crippen LogP) is 5.41. The molecule has 0 N–H and O–H groups in total. The lowest BCUT2D eigenvalue weighted by Crippen LogP contribution is -2.39. The SMILES string of the molecule is C1=CC2CC1C1C3CC(CC4CC5CC4C4C6CC(CC6C6CO6)C54)C(C3)C21. The monoisotopic (exact) mass is 376 g/mol. The van der Waals surface area contributed by atoms with Crippen LogP contribution in [0.3, 0.4) is 0 Å². The number of allylic oxidation sites excluding steroid dienone is 2. The molecule has 9 rings (SSSR count). The molecule has 7 saturated carbocycles. The Labute approximate surface area is 170 Å². The number of hydrogen-bond acceptors (Lipinski definition) is 1. The van der Waals surface area contributed by atoms with Gasteiger partial charge in [-0.2, -0.15) is 0 Å². The Bertz CT molecular complexity index is 751. The summed E-state index contributed by atoms with van der Waals surface area (Å²) >= 11 is 0. The van der Waals surface area contributed by atoms with Crippen LogP contribution in [-0.2, 0) is 4.74 Å². The topological polar surface area (TPSA) is 12.5 Å². The van der Waals surface area contributed by atoms with Crippen molar-refractivity contribution in [2.75, 3.05) is 6.61 Å². The average molecular weight is 377 g/mol. The Morgan fingerprint density at radius 3 is 1.96 bits per heavy atom. The third-order valence-electron chi connectivity index (χ3n) is 12.9. The van der Waals surface area contributed by atoms with Gasteiger partial charge in [0.05, 0.1) is 12.7 Å². The van der Waals surface area contributed by atoms with Gasteiger partial charge in [-0.3, -0.25) is 0 Å². The summed E-state index contributed by atoms with van der Waals surface area (Å²) < 4.78 is 5.80. The van der Waals surface area contributed by atoms with Crippen molar-refractivity contribution in [2.24, 2.45) is 88.8 Å². The number of hydrogen-bond donors (Lipinski definition) is 0. The van der Waals surface area contributed by atoms with Crippen molar-refractivity contribution >= 4 is 0 Å². The molecular weight excluding hydrogens is 340 g/mol. The van der Waals surface area contributed by atoms with E-state index in [4.69, 9.17) is 4.74 Å². The van der Waals surface area contributed by atoms with Crippen LogP contribution in [0.1, 0.15) is 51.4 Å². The molecule has 1 heterocycles. The van der Waals surface area contributed by atoms with Crippen LogP contribution in [0.2, 0.25) is 0 Å². The quantitative estimate of drug-likeness (QED) is 0.364. The van der Waals surface area contributed by atoms with Gasteiger partial charge in [-0.15, -0.1) is 0 Å². The molecule has 8 bridgehead atoms. The van der Waals surface area contributed by atoms with Crippen LogP contribution in [0, 0.1) is 88.8 Å². The molecule has 8 aliphatic carbocycles. The molecule has 150 valence electrons. The summed E-state index contributed by atoms with van der Waals surface area (Å²) in [5, 5.41) is 0. The molecule has 1 nitrogen and oxygen atoms in total. The zero-order valence-electron chi connectivity index (χ0n) is 17.2. The van der Waals surface area contributed by atoms with Crippen LogP contribution in [0.4, 0.5) is 0 Å². The summed E-state index contributed by atoms with van der Waals surface area (Å²) in [6.45, 7) is 1.10. The Morgan fingerprint density at radius 1 is 0.571 bits per heavy atom. The van der Waals surface area contributed by atoms with Gasteiger partial charge >= 0.3 is 0 Å². The van der Waals surface area contributed by atoms with E-state index < -0.39 is 0 Å². The summed E-state index contributed by atoms with van der Waals surface area (Å²) in [6.07, 6.45) is 18.9. The Hall–Kier alpha value is -0.300. The van der Waals surface area contributed by atoms with E-state index in [2.05, 4.69) is 12.2 Å². The lowest BCUT2D eigenvalue weighted by molar-refractivity contribution is 0.0438. The zero-order chi connectivity index (χ0) is 17.7. The van der Waals surface area contributed by atoms with Crippen LogP contribution >= 0.6 is 0 Å². The van der Waals surface area contributed by atoms with Crippen molar-refractivity contribution in [3.63, 3.8) is 0 Å². The van der Waals surface area contributed by atoms with Crippen LogP contribution in [0.5, 0.6) is 0 Å². The highest BCUT2D eigenvalue weighted by Gasteiger charge is 2.67. The van der Waals surface area contributed by atoms with Gasteiger partial charge in [0.15, 0.2) is 0 Å². The molecule has 0 radical (unpaired) electrons. The van der Waals surface area contributed by atoms with Crippen LogP contribution < -0.4 is 0 Å². The highest BCUT2D eigenvalue weighted by atomic mass is 16.6. The molecule has 0 spiro atoms. The normalized spacial score (nSPS) is 71.0. The number of fused-ring (bicyclic) bond motifs is 18. The lowest BCUT2D eigenvalue weighted by Gasteiger charge is -2.43. The van der Waals surface area contributed by atoms with Gasteiger partial charge in [0.25, 0.3) is 0 Å². The second-order valence-electron chi connectivity index (χ2n) is 13.2. The third-order valence-corrected chi connectivity index (χ3v) is 12.9. The molecule has 9 aliphatic rings. The minimum atomic E-state index is 0.696. The molecule has 0 aromatic carbocycles. The maximum absolute atomic E-state index is 5.80. The second-order valence-corrected chi connectivity index (χ2v) is 13.2. The third kappa shape index (κ3) is 1.71. The first kappa shape index (κ1) is 15.5. The minimum Gasteiger partial charge on any atom is -0.373 e. The Kier molecular flexibility index (Phi) is 2.74. The minimum absolute atomic E-state index is 0.696. The average Bonchev–Trinajstić information content (AvgIpc) is 3.39. The lowest BCUT2D eigenvalue weighted by atomic mass is 9.61. The van der Waals surface area contributed by atoms with Gasteiger partial charge in [-0.05, 0) is 140 Å². The second kappa shape index (κ2) is 4.95. The van der Waals surface area contributed by atoms with E-state index in [-0.39, 0.29) is 0 Å². The summed E-state index contributed by atoms with van der Waals surface area (Å²) in [7, 11) is 0. The van der Waals surface area contributed by atoms with Gasteiger partial charge in [-0.1, -0.05) is 12.2 Å². The van der Waals surface area contributed by atoms with E-state index in [0.717, 1.165) is 89.5 Å². The van der Waals surface area contributed by atoms with E-state index in [1.54, 1.807) is 51.4 Å². The molecule has 0 aromatic heterocycles. The fourth-order valence-corrected chi connectivity index (χ4v) is 12.6.